The number of rotatable bonds is 5. The summed E-state index contributed by atoms with van der Waals surface area (Å²) in [4.78, 5) is 15.0. The highest BCUT2D eigenvalue weighted by Gasteiger charge is 2.34. The smallest absolute Gasteiger partial charge is 0.259 e. The fourth-order valence-electron chi connectivity index (χ4n) is 3.64. The molecule has 7 nitrogen and oxygen atoms in total. The second-order valence-corrected chi connectivity index (χ2v) is 8.81. The lowest BCUT2D eigenvalue weighted by Gasteiger charge is -2.38. The zero-order chi connectivity index (χ0) is 19.6. The standard InChI is InChI=1S/C19H25N3O4S/c1-4-14-12-22(11-10-16(14)21-27(3,24)25)19(23)17-13(2)26-20-18(17)15-8-6-5-7-9-15/h5-9,14,16,21H,4,10-12H2,1-3H3/t14-,16+/m1/s1. The van der Waals surface area contributed by atoms with Crippen molar-refractivity contribution in [3.05, 3.63) is 41.7 Å². The highest BCUT2D eigenvalue weighted by Crippen LogP contribution is 2.29. The zero-order valence-corrected chi connectivity index (χ0v) is 16.6. The van der Waals surface area contributed by atoms with E-state index in [0.29, 0.717) is 36.5 Å². The summed E-state index contributed by atoms with van der Waals surface area (Å²) < 4.78 is 31.2. The summed E-state index contributed by atoms with van der Waals surface area (Å²) in [5.74, 6) is 0.435. The molecule has 0 unspecified atom stereocenters. The molecule has 2 atom stereocenters. The molecule has 0 radical (unpaired) electrons. The van der Waals surface area contributed by atoms with E-state index in [4.69, 9.17) is 4.52 Å². The minimum atomic E-state index is -3.28. The number of aryl methyl sites for hydroxylation is 1. The third-order valence-electron chi connectivity index (χ3n) is 5.03. The van der Waals surface area contributed by atoms with Gasteiger partial charge in [-0.3, -0.25) is 4.79 Å². The van der Waals surface area contributed by atoms with Crippen molar-refractivity contribution in [2.45, 2.75) is 32.7 Å². The number of piperidine rings is 1. The molecule has 0 saturated carbocycles. The van der Waals surface area contributed by atoms with Crippen molar-refractivity contribution in [3.8, 4) is 11.3 Å². The first-order chi connectivity index (χ1) is 12.8. The molecule has 8 heteroatoms. The number of aromatic nitrogens is 1. The number of nitrogens with zero attached hydrogens (tertiary/aromatic N) is 2. The summed E-state index contributed by atoms with van der Waals surface area (Å²) in [7, 11) is -3.28. The monoisotopic (exact) mass is 391 g/mol. The van der Waals surface area contributed by atoms with Gasteiger partial charge in [0.1, 0.15) is 17.0 Å². The number of hydrogen-bond donors (Lipinski definition) is 1. The number of sulfonamides is 1. The minimum absolute atomic E-state index is 0.0674. The minimum Gasteiger partial charge on any atom is -0.360 e. The number of hydrogen-bond acceptors (Lipinski definition) is 5. The second kappa shape index (κ2) is 7.82. The number of amides is 1. The fraction of sp³-hybridized carbons (Fsp3) is 0.474. The van der Waals surface area contributed by atoms with Gasteiger partial charge in [-0.1, -0.05) is 48.8 Å². The van der Waals surface area contributed by atoms with Crippen molar-refractivity contribution < 1.29 is 17.7 Å². The zero-order valence-electron chi connectivity index (χ0n) is 15.8. The maximum atomic E-state index is 13.2. The molecule has 1 N–H and O–H groups in total. The highest BCUT2D eigenvalue weighted by atomic mass is 32.2. The third-order valence-corrected chi connectivity index (χ3v) is 5.77. The van der Waals surface area contributed by atoms with E-state index in [2.05, 4.69) is 9.88 Å². The Kier molecular flexibility index (Phi) is 5.67. The second-order valence-electron chi connectivity index (χ2n) is 7.03. The molecule has 27 heavy (non-hydrogen) atoms. The summed E-state index contributed by atoms with van der Waals surface area (Å²) in [6, 6.07) is 9.33. The Balaban J connectivity index is 1.83. The Bertz CT molecular complexity index is 908. The van der Waals surface area contributed by atoms with E-state index in [0.717, 1.165) is 12.0 Å². The Morgan fingerprint density at radius 1 is 1.33 bits per heavy atom. The van der Waals surface area contributed by atoms with Crippen molar-refractivity contribution in [1.82, 2.24) is 14.8 Å². The summed E-state index contributed by atoms with van der Waals surface area (Å²) in [5.41, 5.74) is 1.85. The molecule has 1 saturated heterocycles. The van der Waals surface area contributed by atoms with Gasteiger partial charge in [-0.05, 0) is 19.3 Å². The van der Waals surface area contributed by atoms with Crippen LogP contribution in [0.5, 0.6) is 0 Å². The average molecular weight is 391 g/mol. The fourth-order valence-corrected chi connectivity index (χ4v) is 4.50. The lowest BCUT2D eigenvalue weighted by Crippen LogP contribution is -2.52. The SMILES string of the molecule is CC[C@@H]1CN(C(=O)c2c(-c3ccccc3)noc2C)CC[C@@H]1NS(C)(=O)=O. The van der Waals surface area contributed by atoms with Crippen LogP contribution in [0.4, 0.5) is 0 Å². The summed E-state index contributed by atoms with van der Waals surface area (Å²) in [6.45, 7) is 4.74. The summed E-state index contributed by atoms with van der Waals surface area (Å²) >= 11 is 0. The lowest BCUT2D eigenvalue weighted by molar-refractivity contribution is 0.0640. The van der Waals surface area contributed by atoms with Crippen LogP contribution >= 0.6 is 0 Å². The van der Waals surface area contributed by atoms with E-state index in [1.165, 1.54) is 6.26 Å². The van der Waals surface area contributed by atoms with Gasteiger partial charge in [0.2, 0.25) is 10.0 Å². The molecular weight excluding hydrogens is 366 g/mol. The van der Waals surface area contributed by atoms with Crippen molar-refractivity contribution in [3.63, 3.8) is 0 Å². The summed E-state index contributed by atoms with van der Waals surface area (Å²) in [5, 5.41) is 4.09. The Labute approximate surface area is 159 Å². The molecule has 1 aliphatic heterocycles. The predicted octanol–water partition coefficient (Wildman–Crippen LogP) is 2.44. The van der Waals surface area contributed by atoms with Crippen molar-refractivity contribution >= 4 is 15.9 Å². The van der Waals surface area contributed by atoms with Gasteiger partial charge in [-0.15, -0.1) is 0 Å². The van der Waals surface area contributed by atoms with Gasteiger partial charge < -0.3 is 9.42 Å². The van der Waals surface area contributed by atoms with Gasteiger partial charge in [0.15, 0.2) is 0 Å². The molecule has 1 aromatic heterocycles. The first-order valence-electron chi connectivity index (χ1n) is 9.08. The molecule has 1 aromatic carbocycles. The van der Waals surface area contributed by atoms with E-state index < -0.39 is 10.0 Å². The first kappa shape index (κ1) is 19.6. The molecule has 0 bridgehead atoms. The predicted molar refractivity (Wildman–Crippen MR) is 103 cm³/mol. The van der Waals surface area contributed by atoms with E-state index in [9.17, 15) is 13.2 Å². The lowest BCUT2D eigenvalue weighted by atomic mass is 9.90. The van der Waals surface area contributed by atoms with Gasteiger partial charge in [0.25, 0.3) is 5.91 Å². The van der Waals surface area contributed by atoms with Crippen LogP contribution in [0.2, 0.25) is 0 Å². The van der Waals surface area contributed by atoms with Crippen molar-refractivity contribution in [2.24, 2.45) is 5.92 Å². The number of likely N-dealkylation sites (tertiary alicyclic amines) is 1. The maximum Gasteiger partial charge on any atom is 0.259 e. The van der Waals surface area contributed by atoms with Gasteiger partial charge in [-0.25, -0.2) is 13.1 Å². The molecule has 3 rings (SSSR count). The first-order valence-corrected chi connectivity index (χ1v) is 11.0. The molecule has 1 aliphatic rings. The van der Waals surface area contributed by atoms with E-state index >= 15 is 0 Å². The average Bonchev–Trinajstić information content (AvgIpc) is 3.02. The summed E-state index contributed by atoms with van der Waals surface area (Å²) in [6.07, 6.45) is 2.54. The van der Waals surface area contributed by atoms with Gasteiger partial charge in [0.05, 0.1) is 6.26 Å². The van der Waals surface area contributed by atoms with Gasteiger partial charge in [-0.2, -0.15) is 0 Å². The molecule has 146 valence electrons. The van der Waals surface area contributed by atoms with Crippen LogP contribution in [0.15, 0.2) is 34.9 Å². The molecule has 2 heterocycles. The van der Waals surface area contributed by atoms with Gasteiger partial charge >= 0.3 is 0 Å². The van der Waals surface area contributed by atoms with Crippen LogP contribution in [0.3, 0.4) is 0 Å². The molecule has 2 aromatic rings. The van der Waals surface area contributed by atoms with Crippen LogP contribution in [0, 0.1) is 12.8 Å². The molecule has 0 aliphatic carbocycles. The Morgan fingerprint density at radius 2 is 2.04 bits per heavy atom. The van der Waals surface area contributed by atoms with Crippen LogP contribution < -0.4 is 4.72 Å². The molecule has 1 fully saturated rings. The number of carbonyl (C=O) groups excluding carboxylic acids is 1. The topological polar surface area (TPSA) is 92.5 Å². The number of nitrogens with one attached hydrogen (secondary N) is 1. The molecule has 1 amide bonds. The van der Waals surface area contributed by atoms with Gasteiger partial charge in [0, 0.05) is 24.7 Å². The number of benzene rings is 1. The van der Waals surface area contributed by atoms with E-state index in [1.54, 1.807) is 11.8 Å². The molecule has 0 spiro atoms. The van der Waals surface area contributed by atoms with Crippen molar-refractivity contribution in [2.75, 3.05) is 19.3 Å². The third kappa shape index (κ3) is 4.39. The van der Waals surface area contributed by atoms with Crippen LogP contribution in [0.1, 0.15) is 35.9 Å². The molecular formula is C19H25N3O4S. The van der Waals surface area contributed by atoms with E-state index in [-0.39, 0.29) is 17.9 Å². The van der Waals surface area contributed by atoms with Crippen LogP contribution in [-0.2, 0) is 10.0 Å². The largest absolute Gasteiger partial charge is 0.360 e. The quantitative estimate of drug-likeness (QED) is 0.845. The van der Waals surface area contributed by atoms with Crippen LogP contribution in [0.25, 0.3) is 11.3 Å². The Hall–Kier alpha value is -2.19. The van der Waals surface area contributed by atoms with Crippen molar-refractivity contribution in [1.29, 1.82) is 0 Å². The maximum absolute atomic E-state index is 13.2. The van der Waals surface area contributed by atoms with Crippen LogP contribution in [-0.4, -0.2) is 49.8 Å². The van der Waals surface area contributed by atoms with E-state index in [1.807, 2.05) is 37.3 Å². The number of carbonyl (C=O) groups is 1. The normalized spacial score (nSPS) is 20.6. The highest BCUT2D eigenvalue weighted by molar-refractivity contribution is 7.88. The Morgan fingerprint density at radius 3 is 2.67 bits per heavy atom.